The van der Waals surface area contributed by atoms with Gasteiger partial charge in [0.15, 0.2) is 33.6 Å². The van der Waals surface area contributed by atoms with Crippen LogP contribution in [0.25, 0.3) is 0 Å². The summed E-state index contributed by atoms with van der Waals surface area (Å²) in [6, 6.07) is 2.20. The van der Waals surface area contributed by atoms with Gasteiger partial charge in [-0.15, -0.1) is 0 Å². The lowest BCUT2D eigenvalue weighted by Crippen LogP contribution is -2.59. The van der Waals surface area contributed by atoms with E-state index in [1.807, 2.05) is 0 Å². The monoisotopic (exact) mass is 1070 g/mol. The van der Waals surface area contributed by atoms with E-state index in [2.05, 4.69) is 0 Å². The van der Waals surface area contributed by atoms with Crippen molar-refractivity contribution >= 4 is 0 Å². The normalized spacial score (nSPS) is 25.1. The van der Waals surface area contributed by atoms with Gasteiger partial charge in [-0.2, -0.15) is 79.0 Å². The Kier molecular flexibility index (Phi) is 18.6. The summed E-state index contributed by atoms with van der Waals surface area (Å²) in [6.07, 6.45) is -38.8. The Morgan fingerprint density at radius 2 is 0.930 bits per heavy atom. The average molecular weight is 1070 g/mol. The van der Waals surface area contributed by atoms with Crippen molar-refractivity contribution < 1.29 is 109 Å². The summed E-state index contributed by atoms with van der Waals surface area (Å²) in [6.45, 7) is 9.39. The SMILES string of the molecule is CCC(C)c1cc(C(C)(OCC(C)(C)C(C)CC(CCC(C)(O)C(F)(F)F)C(C)(O)C(F)(F)F)C(F)(F)F)cc(C(C)(OC(C)(C)C2CC(C(C)(O)C(F)(F)F)CC(C(C)(O)C(F)(F)F)C2)C(F)(F)F)c1. The molecule has 1 aromatic rings. The fourth-order valence-electron chi connectivity index (χ4n) is 8.88. The molecule has 0 bridgehead atoms. The Balaban J connectivity index is 2.84. The standard InChI is InChI=1S/C47H68F18O6/c1-14-25(2)27-18-32(40(12,46(60,61)62)70-24-34(4,5)26(3)17-28(37(9,67)43(51,52)53)15-16-36(8,66)42(48,49)50)23-33(19-27)41(13,47(63,64)65)71-35(6,7)29-20-30(38(10,68)44(54,55)56)22-31(21-29)39(11,69)45(57,58)59/h18-19,23,25-26,28-31,66-69H,14-17,20-22,24H2,1-13H3. The molecule has 71 heavy (non-hydrogen) atoms. The van der Waals surface area contributed by atoms with E-state index in [0.717, 1.165) is 26.0 Å². The van der Waals surface area contributed by atoms with Gasteiger partial charge in [-0.1, -0.05) is 46.8 Å². The zero-order valence-corrected chi connectivity index (χ0v) is 41.8. The quantitative estimate of drug-likeness (QED) is 0.103. The fourth-order valence-corrected chi connectivity index (χ4v) is 8.88. The third kappa shape index (κ3) is 13.6. The van der Waals surface area contributed by atoms with Crippen LogP contribution < -0.4 is 0 Å². The smallest absolute Gasteiger partial charge is 0.381 e. The first kappa shape index (κ1) is 64.8. The van der Waals surface area contributed by atoms with Crippen LogP contribution in [0.1, 0.15) is 158 Å². The molecule has 11 atom stereocenters. The number of ether oxygens (including phenoxy) is 2. The number of hydrogen-bond donors (Lipinski definition) is 4. The fraction of sp³-hybridized carbons (Fsp3) is 0.872. The van der Waals surface area contributed by atoms with Crippen molar-refractivity contribution in [1.82, 2.24) is 0 Å². The molecular weight excluding hydrogens is 1000 g/mol. The van der Waals surface area contributed by atoms with Gasteiger partial charge in [0, 0.05) is 0 Å². The van der Waals surface area contributed by atoms with Crippen LogP contribution in [0.5, 0.6) is 0 Å². The zero-order valence-electron chi connectivity index (χ0n) is 41.8. The first-order valence-corrected chi connectivity index (χ1v) is 22.8. The number of rotatable bonds is 19. The lowest BCUT2D eigenvalue weighted by atomic mass is 9.61. The number of aliphatic hydroxyl groups is 4. The highest BCUT2D eigenvalue weighted by Crippen LogP contribution is 2.57. The molecule has 24 heteroatoms. The maximum absolute atomic E-state index is 15.7. The van der Waals surface area contributed by atoms with Gasteiger partial charge in [-0.25, -0.2) is 0 Å². The first-order chi connectivity index (χ1) is 31.0. The van der Waals surface area contributed by atoms with Crippen LogP contribution in [-0.2, 0) is 20.7 Å². The molecular formula is C47H68F18O6. The van der Waals surface area contributed by atoms with Crippen molar-refractivity contribution in [2.24, 2.45) is 35.0 Å². The van der Waals surface area contributed by atoms with Gasteiger partial charge >= 0.3 is 37.1 Å². The highest BCUT2D eigenvalue weighted by atomic mass is 19.4. The van der Waals surface area contributed by atoms with Crippen molar-refractivity contribution in [1.29, 1.82) is 0 Å². The van der Waals surface area contributed by atoms with E-state index in [9.17, 15) is 73.1 Å². The molecule has 1 fully saturated rings. The Morgan fingerprint density at radius 1 is 0.535 bits per heavy atom. The van der Waals surface area contributed by atoms with Gasteiger partial charge < -0.3 is 29.9 Å². The van der Waals surface area contributed by atoms with E-state index >= 15 is 26.3 Å². The summed E-state index contributed by atoms with van der Waals surface area (Å²) in [5.74, 6) is -10.1. The van der Waals surface area contributed by atoms with E-state index < -0.39 is 173 Å². The first-order valence-electron chi connectivity index (χ1n) is 22.8. The minimum atomic E-state index is -5.62. The van der Waals surface area contributed by atoms with E-state index in [4.69, 9.17) is 9.47 Å². The molecule has 0 saturated heterocycles. The molecule has 1 aliphatic carbocycles. The predicted octanol–water partition coefficient (Wildman–Crippen LogP) is 14.3. The lowest BCUT2D eigenvalue weighted by Gasteiger charge is -2.51. The minimum Gasteiger partial charge on any atom is -0.381 e. The molecule has 0 spiro atoms. The van der Waals surface area contributed by atoms with Crippen LogP contribution >= 0.6 is 0 Å². The van der Waals surface area contributed by atoms with E-state index in [1.165, 1.54) is 34.6 Å². The van der Waals surface area contributed by atoms with Crippen molar-refractivity contribution in [3.8, 4) is 0 Å². The highest BCUT2D eigenvalue weighted by Gasteiger charge is 2.65. The molecule has 1 aromatic carbocycles. The van der Waals surface area contributed by atoms with E-state index in [1.54, 1.807) is 0 Å². The molecule has 418 valence electrons. The second kappa shape index (κ2) is 20.3. The number of alkyl halides is 18. The Bertz CT molecular complexity index is 1890. The van der Waals surface area contributed by atoms with Crippen LogP contribution in [0, 0.1) is 35.0 Å². The molecule has 0 amide bonds. The second-order valence-electron chi connectivity index (χ2n) is 22.1. The van der Waals surface area contributed by atoms with Crippen LogP contribution in [0.2, 0.25) is 0 Å². The van der Waals surface area contributed by atoms with Gasteiger partial charge in [0.05, 0.1) is 12.2 Å². The second-order valence-corrected chi connectivity index (χ2v) is 22.1. The molecule has 1 aliphatic rings. The Morgan fingerprint density at radius 3 is 1.28 bits per heavy atom. The van der Waals surface area contributed by atoms with E-state index in [0.29, 0.717) is 26.8 Å². The molecule has 0 aromatic heterocycles. The Labute approximate surface area is 402 Å². The molecule has 2 rings (SSSR count). The molecule has 0 aliphatic heterocycles. The maximum Gasteiger partial charge on any atom is 0.421 e. The lowest BCUT2D eigenvalue weighted by molar-refractivity contribution is -0.325. The average Bonchev–Trinajstić information content (AvgIpc) is 3.17. The topological polar surface area (TPSA) is 99.4 Å². The van der Waals surface area contributed by atoms with Crippen LogP contribution in [0.4, 0.5) is 79.0 Å². The molecule has 4 N–H and O–H groups in total. The largest absolute Gasteiger partial charge is 0.421 e. The number of halogens is 18. The van der Waals surface area contributed by atoms with Gasteiger partial charge in [0.1, 0.15) is 0 Å². The van der Waals surface area contributed by atoms with Crippen molar-refractivity contribution in [2.45, 2.75) is 217 Å². The molecule has 6 nitrogen and oxygen atoms in total. The number of hydrogen-bond acceptors (Lipinski definition) is 6. The maximum atomic E-state index is 15.7. The highest BCUT2D eigenvalue weighted by molar-refractivity contribution is 5.40. The molecule has 0 radical (unpaired) electrons. The molecule has 1 saturated carbocycles. The summed E-state index contributed by atoms with van der Waals surface area (Å²) in [5, 5.41) is 41.9. The zero-order chi connectivity index (χ0) is 56.4. The van der Waals surface area contributed by atoms with Gasteiger partial charge in [-0.3, -0.25) is 0 Å². The van der Waals surface area contributed by atoms with Crippen molar-refractivity contribution in [3.63, 3.8) is 0 Å². The summed E-state index contributed by atoms with van der Waals surface area (Å²) >= 11 is 0. The van der Waals surface area contributed by atoms with Crippen LogP contribution in [-0.4, -0.2) is 92.1 Å². The van der Waals surface area contributed by atoms with Gasteiger partial charge in [0.2, 0.25) is 0 Å². The minimum absolute atomic E-state index is 0.108. The summed E-state index contributed by atoms with van der Waals surface area (Å²) in [7, 11) is 0. The van der Waals surface area contributed by atoms with Gasteiger partial charge in [-0.05, 0) is 164 Å². The van der Waals surface area contributed by atoms with Crippen molar-refractivity contribution in [2.75, 3.05) is 6.61 Å². The summed E-state index contributed by atoms with van der Waals surface area (Å²) in [4.78, 5) is 0. The van der Waals surface area contributed by atoms with Crippen LogP contribution in [0.15, 0.2) is 18.2 Å². The third-order valence-electron chi connectivity index (χ3n) is 15.9. The third-order valence-corrected chi connectivity index (χ3v) is 15.9. The number of benzene rings is 1. The molecule has 0 heterocycles. The predicted molar refractivity (Wildman–Crippen MR) is 224 cm³/mol. The Hall–Kier alpha value is -2.28. The summed E-state index contributed by atoms with van der Waals surface area (Å²) < 4.78 is 273. The van der Waals surface area contributed by atoms with E-state index in [-0.39, 0.29) is 32.8 Å². The van der Waals surface area contributed by atoms with Gasteiger partial charge in [0.25, 0.3) is 0 Å². The van der Waals surface area contributed by atoms with Crippen molar-refractivity contribution in [3.05, 3.63) is 34.9 Å². The van der Waals surface area contributed by atoms with Crippen LogP contribution in [0.3, 0.4) is 0 Å². The molecule has 11 unspecified atom stereocenters. The summed E-state index contributed by atoms with van der Waals surface area (Å²) in [5.41, 5.74) is -28.2.